The van der Waals surface area contributed by atoms with Gasteiger partial charge in [-0.1, -0.05) is 11.2 Å². The van der Waals surface area contributed by atoms with Crippen LogP contribution in [-0.2, 0) is 11.3 Å². The number of carbonyl (C=O) groups is 2. The Hall–Kier alpha value is -3.72. The van der Waals surface area contributed by atoms with Crippen molar-refractivity contribution in [2.45, 2.75) is 38.8 Å². The monoisotopic (exact) mass is 475 g/mol. The normalized spacial score (nSPS) is 18.3. The predicted molar refractivity (Wildman–Crippen MR) is 129 cm³/mol. The van der Waals surface area contributed by atoms with E-state index in [1.54, 1.807) is 19.1 Å². The molecule has 2 fully saturated rings. The zero-order valence-electron chi connectivity index (χ0n) is 20.0. The van der Waals surface area contributed by atoms with Gasteiger partial charge in [-0.05, 0) is 69.8 Å². The third-order valence-corrected chi connectivity index (χ3v) is 6.45. The van der Waals surface area contributed by atoms with E-state index in [-0.39, 0.29) is 17.9 Å². The summed E-state index contributed by atoms with van der Waals surface area (Å²) in [5.41, 5.74) is 2.17. The fourth-order valence-corrected chi connectivity index (χ4v) is 4.53. The van der Waals surface area contributed by atoms with Crippen LogP contribution in [0.3, 0.4) is 0 Å². The summed E-state index contributed by atoms with van der Waals surface area (Å²) in [6, 6.07) is 12.9. The number of benzene rings is 2. The summed E-state index contributed by atoms with van der Waals surface area (Å²) in [7, 11) is 2.05. The summed E-state index contributed by atoms with van der Waals surface area (Å²) in [6.45, 7) is 4.76. The van der Waals surface area contributed by atoms with E-state index in [1.807, 2.05) is 35.2 Å². The molecule has 3 aromatic rings. The molecule has 0 aliphatic carbocycles. The molecular formula is C26H29N5O4. The number of nitrogens with one attached hydrogen (secondary N) is 1. The third-order valence-electron chi connectivity index (χ3n) is 6.45. The average Bonchev–Trinajstić information content (AvgIpc) is 3.57. The van der Waals surface area contributed by atoms with Crippen molar-refractivity contribution in [3.05, 3.63) is 59.4 Å². The SMILES string of the molecule is Cc1noc(-c2ccc(Oc3cc(C(=O)N[C@H]4CCN(C)C4)ccc3CN3CCCC3=O)cc2)n1. The predicted octanol–water partition coefficient (Wildman–Crippen LogP) is 3.39. The van der Waals surface area contributed by atoms with E-state index in [2.05, 4.69) is 27.4 Å². The molecular weight excluding hydrogens is 446 g/mol. The van der Waals surface area contributed by atoms with Gasteiger partial charge in [-0.2, -0.15) is 4.98 Å². The first-order chi connectivity index (χ1) is 16.9. The lowest BCUT2D eigenvalue weighted by Gasteiger charge is -2.19. The molecule has 2 saturated heterocycles. The Kier molecular flexibility index (Phi) is 6.50. The highest BCUT2D eigenvalue weighted by Crippen LogP contribution is 2.30. The first kappa shape index (κ1) is 23.0. The van der Waals surface area contributed by atoms with Crippen molar-refractivity contribution >= 4 is 11.8 Å². The lowest BCUT2D eigenvalue weighted by atomic mass is 10.1. The third kappa shape index (κ3) is 5.35. The quantitative estimate of drug-likeness (QED) is 0.559. The molecule has 182 valence electrons. The molecule has 0 bridgehead atoms. The lowest BCUT2D eigenvalue weighted by molar-refractivity contribution is -0.128. The largest absolute Gasteiger partial charge is 0.457 e. The molecule has 9 heteroatoms. The zero-order valence-corrected chi connectivity index (χ0v) is 20.0. The molecule has 0 spiro atoms. The van der Waals surface area contributed by atoms with E-state index < -0.39 is 0 Å². The van der Waals surface area contributed by atoms with E-state index in [0.717, 1.165) is 43.6 Å². The highest BCUT2D eigenvalue weighted by Gasteiger charge is 2.24. The Morgan fingerprint density at radius 2 is 2.03 bits per heavy atom. The van der Waals surface area contributed by atoms with E-state index in [1.165, 1.54) is 0 Å². The standard InChI is InChI=1S/C26H29N5O4/c1-17-27-26(35-29-17)18-7-9-22(10-8-18)34-23-14-19(25(33)28-21-11-13-30(2)16-21)5-6-20(23)15-31-12-3-4-24(31)32/h5-10,14,21H,3-4,11-13,15-16H2,1-2H3,(H,28,33)/t21-/m0/s1. The minimum atomic E-state index is -0.124. The smallest absolute Gasteiger partial charge is 0.257 e. The maximum atomic E-state index is 13.0. The van der Waals surface area contributed by atoms with Crippen LogP contribution in [0.1, 0.15) is 41.0 Å². The summed E-state index contributed by atoms with van der Waals surface area (Å²) in [5, 5.41) is 6.95. The van der Waals surface area contributed by atoms with Gasteiger partial charge in [0.05, 0.1) is 0 Å². The van der Waals surface area contributed by atoms with Crippen LogP contribution < -0.4 is 10.1 Å². The van der Waals surface area contributed by atoms with Crippen molar-refractivity contribution < 1.29 is 18.8 Å². The minimum absolute atomic E-state index is 0.124. The van der Waals surface area contributed by atoms with Crippen molar-refractivity contribution in [2.24, 2.45) is 0 Å². The first-order valence-corrected chi connectivity index (χ1v) is 11.9. The number of aryl methyl sites for hydroxylation is 1. The van der Waals surface area contributed by atoms with Gasteiger partial charge in [-0.25, -0.2) is 0 Å². The van der Waals surface area contributed by atoms with Crippen LogP contribution in [0.2, 0.25) is 0 Å². The van der Waals surface area contributed by atoms with Crippen molar-refractivity contribution in [2.75, 3.05) is 26.7 Å². The van der Waals surface area contributed by atoms with Crippen molar-refractivity contribution in [1.29, 1.82) is 0 Å². The Bertz CT molecular complexity index is 1220. The average molecular weight is 476 g/mol. The fourth-order valence-electron chi connectivity index (χ4n) is 4.53. The van der Waals surface area contributed by atoms with Gasteiger partial charge in [0, 0.05) is 48.8 Å². The molecule has 1 atom stereocenters. The molecule has 1 N–H and O–H groups in total. The second-order valence-corrected chi connectivity index (χ2v) is 9.24. The highest BCUT2D eigenvalue weighted by molar-refractivity contribution is 5.95. The minimum Gasteiger partial charge on any atom is -0.457 e. The van der Waals surface area contributed by atoms with Crippen molar-refractivity contribution in [3.8, 4) is 23.0 Å². The Morgan fingerprint density at radius 1 is 1.20 bits per heavy atom. The molecule has 2 aliphatic heterocycles. The molecule has 9 nitrogen and oxygen atoms in total. The molecule has 3 heterocycles. The number of hydrogen-bond donors (Lipinski definition) is 1. The second-order valence-electron chi connectivity index (χ2n) is 9.24. The molecule has 2 aliphatic rings. The molecule has 0 saturated carbocycles. The number of hydrogen-bond acceptors (Lipinski definition) is 7. The molecule has 0 radical (unpaired) electrons. The van der Waals surface area contributed by atoms with Crippen molar-refractivity contribution in [3.63, 3.8) is 0 Å². The lowest BCUT2D eigenvalue weighted by Crippen LogP contribution is -2.36. The van der Waals surface area contributed by atoms with E-state index in [9.17, 15) is 9.59 Å². The second kappa shape index (κ2) is 9.87. The summed E-state index contributed by atoms with van der Waals surface area (Å²) >= 11 is 0. The summed E-state index contributed by atoms with van der Waals surface area (Å²) < 4.78 is 11.5. The van der Waals surface area contributed by atoms with Crippen LogP contribution in [0.15, 0.2) is 47.0 Å². The number of carbonyl (C=O) groups excluding carboxylic acids is 2. The maximum absolute atomic E-state index is 13.0. The summed E-state index contributed by atoms with van der Waals surface area (Å²) in [5.74, 6) is 2.19. The van der Waals surface area contributed by atoms with Gasteiger partial charge in [-0.3, -0.25) is 9.59 Å². The number of likely N-dealkylation sites (tertiary alicyclic amines) is 2. The molecule has 1 aromatic heterocycles. The van der Waals surface area contributed by atoms with Crippen LogP contribution in [0, 0.1) is 6.92 Å². The van der Waals surface area contributed by atoms with E-state index in [4.69, 9.17) is 9.26 Å². The van der Waals surface area contributed by atoms with Gasteiger partial charge in [-0.15, -0.1) is 0 Å². The van der Waals surface area contributed by atoms with Gasteiger partial charge in [0.2, 0.25) is 5.91 Å². The van der Waals surface area contributed by atoms with Crippen LogP contribution in [-0.4, -0.2) is 64.5 Å². The number of amides is 2. The topological polar surface area (TPSA) is 101 Å². The first-order valence-electron chi connectivity index (χ1n) is 11.9. The maximum Gasteiger partial charge on any atom is 0.257 e. The number of rotatable bonds is 7. The summed E-state index contributed by atoms with van der Waals surface area (Å²) in [4.78, 5) is 33.4. The zero-order chi connectivity index (χ0) is 24.4. The molecule has 2 aromatic carbocycles. The van der Waals surface area contributed by atoms with Gasteiger partial charge in [0.1, 0.15) is 11.5 Å². The molecule has 35 heavy (non-hydrogen) atoms. The molecule has 0 unspecified atom stereocenters. The van der Waals surface area contributed by atoms with Gasteiger partial charge < -0.3 is 24.4 Å². The fraction of sp³-hybridized carbons (Fsp3) is 0.385. The Balaban J connectivity index is 1.38. The number of aromatic nitrogens is 2. The Labute approximate surface area is 204 Å². The van der Waals surface area contributed by atoms with Crippen LogP contribution >= 0.6 is 0 Å². The Morgan fingerprint density at radius 3 is 2.69 bits per heavy atom. The molecule has 5 rings (SSSR count). The van der Waals surface area contributed by atoms with Crippen molar-refractivity contribution in [1.82, 2.24) is 25.3 Å². The van der Waals surface area contributed by atoms with Gasteiger partial charge in [0.15, 0.2) is 5.82 Å². The van der Waals surface area contributed by atoms with Crippen LogP contribution in [0.5, 0.6) is 11.5 Å². The number of likely N-dealkylation sites (N-methyl/N-ethyl adjacent to an activating group) is 1. The van der Waals surface area contributed by atoms with E-state index >= 15 is 0 Å². The number of ether oxygens (including phenoxy) is 1. The van der Waals surface area contributed by atoms with Crippen LogP contribution in [0.4, 0.5) is 0 Å². The van der Waals surface area contributed by atoms with Gasteiger partial charge in [0.25, 0.3) is 11.8 Å². The summed E-state index contributed by atoms with van der Waals surface area (Å²) in [6.07, 6.45) is 2.37. The highest BCUT2D eigenvalue weighted by atomic mass is 16.5. The van der Waals surface area contributed by atoms with Crippen LogP contribution in [0.25, 0.3) is 11.5 Å². The molecule has 2 amide bonds. The number of nitrogens with zero attached hydrogens (tertiary/aromatic N) is 4. The van der Waals surface area contributed by atoms with E-state index in [0.29, 0.717) is 41.7 Å². The van der Waals surface area contributed by atoms with Gasteiger partial charge >= 0.3 is 0 Å².